The summed E-state index contributed by atoms with van der Waals surface area (Å²) in [6.07, 6.45) is -1.59. The van der Waals surface area contributed by atoms with Crippen molar-refractivity contribution in [3.8, 4) is 5.75 Å². The minimum atomic E-state index is -4.66. The third kappa shape index (κ3) is 6.47. The van der Waals surface area contributed by atoms with Gasteiger partial charge in [0.25, 0.3) is 0 Å². The molecule has 2 fully saturated rings. The number of ether oxygens (including phenoxy) is 2. The highest BCUT2D eigenvalue weighted by Crippen LogP contribution is 2.37. The number of nitrogens with one attached hydrogen (secondary N) is 3. The van der Waals surface area contributed by atoms with Crippen molar-refractivity contribution in [1.29, 1.82) is 0 Å². The van der Waals surface area contributed by atoms with Crippen LogP contribution < -0.4 is 25.6 Å². The number of piperidine rings is 1. The third-order valence-electron chi connectivity index (χ3n) is 8.25. The maximum Gasteiger partial charge on any atom is 0.421 e. The van der Waals surface area contributed by atoms with Gasteiger partial charge in [0.15, 0.2) is 0 Å². The molecule has 0 radical (unpaired) electrons. The van der Waals surface area contributed by atoms with Crippen molar-refractivity contribution in [2.45, 2.75) is 38.0 Å². The highest BCUT2D eigenvalue weighted by molar-refractivity contribution is 5.99. The lowest BCUT2D eigenvalue weighted by Crippen LogP contribution is -2.49. The fraction of sp³-hybridized carbons (Fsp3) is 0.433. The van der Waals surface area contributed by atoms with Crippen molar-refractivity contribution < 1.29 is 27.4 Å². The van der Waals surface area contributed by atoms with Crippen molar-refractivity contribution in [2.24, 2.45) is 0 Å². The molecule has 4 heterocycles. The molecular weight excluding hydrogens is 563 g/mol. The van der Waals surface area contributed by atoms with Crippen LogP contribution in [-0.2, 0) is 28.7 Å². The van der Waals surface area contributed by atoms with E-state index in [1.807, 2.05) is 18.2 Å². The number of benzene rings is 2. The zero-order valence-electron chi connectivity index (χ0n) is 23.8. The first kappa shape index (κ1) is 29.0. The largest absolute Gasteiger partial charge is 0.494 e. The summed E-state index contributed by atoms with van der Waals surface area (Å²) >= 11 is 0. The molecule has 0 aliphatic carbocycles. The van der Waals surface area contributed by atoms with E-state index in [-0.39, 0.29) is 30.6 Å². The van der Waals surface area contributed by atoms with E-state index in [1.54, 1.807) is 25.3 Å². The quantitative estimate of drug-likeness (QED) is 0.342. The number of hydrogen-bond acceptors (Lipinski definition) is 9. The number of fused-ring (bicyclic) bond motifs is 1. The Morgan fingerprint density at radius 2 is 1.91 bits per heavy atom. The van der Waals surface area contributed by atoms with Crippen molar-refractivity contribution in [1.82, 2.24) is 14.9 Å². The number of hydrogen-bond donors (Lipinski definition) is 3. The standard InChI is InChI=1S/C30H34F3N7O3/c1-42-26-15-21(39-9-7-20(8-10-39)40-11-13-43-14-12-40)5-6-25(26)37-29-35-18-23(30(31,32)33)28(38-29)34-17-19-3-2-4-24-22(19)16-27(41)36-24/h2-6,15,18,20H,7-14,16-17H2,1H3,(H,36,41)(H2,34,35,37,38). The Hall–Kier alpha value is -4.10. The van der Waals surface area contributed by atoms with Crippen LogP contribution in [0.2, 0.25) is 0 Å². The molecule has 13 heteroatoms. The van der Waals surface area contributed by atoms with E-state index in [9.17, 15) is 18.0 Å². The van der Waals surface area contributed by atoms with Crippen molar-refractivity contribution in [3.05, 3.63) is 59.3 Å². The van der Waals surface area contributed by atoms with Crippen molar-refractivity contribution in [2.75, 3.05) is 67.4 Å². The van der Waals surface area contributed by atoms with Gasteiger partial charge >= 0.3 is 6.18 Å². The number of aromatic nitrogens is 2. The van der Waals surface area contributed by atoms with Gasteiger partial charge in [-0.2, -0.15) is 18.2 Å². The minimum Gasteiger partial charge on any atom is -0.494 e. The van der Waals surface area contributed by atoms with E-state index < -0.39 is 11.7 Å². The third-order valence-corrected chi connectivity index (χ3v) is 8.25. The maximum atomic E-state index is 13.8. The zero-order chi connectivity index (χ0) is 30.0. The van der Waals surface area contributed by atoms with Crippen LogP contribution in [0, 0.1) is 0 Å². The predicted molar refractivity (Wildman–Crippen MR) is 157 cm³/mol. The second kappa shape index (κ2) is 12.3. The van der Waals surface area contributed by atoms with Crippen LogP contribution in [0.25, 0.3) is 0 Å². The topological polar surface area (TPSA) is 104 Å². The minimum absolute atomic E-state index is 0.0111. The molecule has 3 N–H and O–H groups in total. The van der Waals surface area contributed by atoms with Crippen LogP contribution in [0.3, 0.4) is 0 Å². The lowest BCUT2D eigenvalue weighted by atomic mass is 10.0. The zero-order valence-corrected chi connectivity index (χ0v) is 23.8. The number of rotatable bonds is 8. The average Bonchev–Trinajstić information content (AvgIpc) is 3.41. The van der Waals surface area contributed by atoms with Crippen molar-refractivity contribution >= 4 is 34.7 Å². The van der Waals surface area contributed by atoms with Crippen LogP contribution in [-0.4, -0.2) is 73.3 Å². The predicted octanol–water partition coefficient (Wildman–Crippen LogP) is 4.66. The molecule has 3 aliphatic heterocycles. The Morgan fingerprint density at radius 1 is 1.12 bits per heavy atom. The Bertz CT molecular complexity index is 1470. The molecule has 3 aliphatic rings. The van der Waals surface area contributed by atoms with E-state index in [2.05, 4.69) is 35.7 Å². The molecule has 0 bridgehead atoms. The molecule has 0 saturated carbocycles. The Balaban J connectivity index is 1.16. The second-order valence-electron chi connectivity index (χ2n) is 10.9. The fourth-order valence-electron chi connectivity index (χ4n) is 5.98. The van der Waals surface area contributed by atoms with E-state index in [1.165, 1.54) is 0 Å². The molecule has 43 heavy (non-hydrogen) atoms. The maximum absolute atomic E-state index is 13.8. The molecule has 0 atom stereocenters. The Labute approximate surface area is 247 Å². The summed E-state index contributed by atoms with van der Waals surface area (Å²) in [5, 5.41) is 8.59. The van der Waals surface area contributed by atoms with Gasteiger partial charge in [0.1, 0.15) is 17.1 Å². The van der Waals surface area contributed by atoms with Gasteiger partial charge in [0.2, 0.25) is 11.9 Å². The summed E-state index contributed by atoms with van der Waals surface area (Å²) in [6.45, 7) is 5.44. The molecule has 2 aromatic carbocycles. The van der Waals surface area contributed by atoms with Crippen LogP contribution in [0.5, 0.6) is 5.75 Å². The van der Waals surface area contributed by atoms with Crippen LogP contribution >= 0.6 is 0 Å². The number of carbonyl (C=O) groups is 1. The van der Waals surface area contributed by atoms with Gasteiger partial charge < -0.3 is 30.3 Å². The Kier molecular flexibility index (Phi) is 8.26. The fourth-order valence-corrected chi connectivity index (χ4v) is 5.98. The van der Waals surface area contributed by atoms with Crippen molar-refractivity contribution in [3.63, 3.8) is 0 Å². The molecule has 0 spiro atoms. The SMILES string of the molecule is COc1cc(N2CCC(N3CCOCC3)CC2)ccc1Nc1ncc(C(F)(F)F)c(NCc2cccc3c2CC(=O)N3)n1. The van der Waals surface area contributed by atoms with Gasteiger partial charge in [0.05, 0.1) is 32.4 Å². The number of amides is 1. The second-order valence-corrected chi connectivity index (χ2v) is 10.9. The van der Waals surface area contributed by atoms with E-state index >= 15 is 0 Å². The van der Waals surface area contributed by atoms with E-state index in [4.69, 9.17) is 9.47 Å². The summed E-state index contributed by atoms with van der Waals surface area (Å²) in [6, 6.07) is 11.6. The lowest BCUT2D eigenvalue weighted by molar-refractivity contribution is -0.137. The first-order valence-corrected chi connectivity index (χ1v) is 14.4. The molecule has 2 saturated heterocycles. The summed E-state index contributed by atoms with van der Waals surface area (Å²) in [5.41, 5.74) is 2.71. The smallest absolute Gasteiger partial charge is 0.421 e. The van der Waals surface area contributed by atoms with Gasteiger partial charge in [-0.1, -0.05) is 12.1 Å². The number of anilines is 5. The van der Waals surface area contributed by atoms with Gasteiger partial charge in [0, 0.05) is 62.4 Å². The summed E-state index contributed by atoms with van der Waals surface area (Å²) in [5.74, 6) is 0.00818. The summed E-state index contributed by atoms with van der Waals surface area (Å²) < 4.78 is 52.7. The molecule has 3 aromatic rings. The molecule has 1 amide bonds. The molecule has 6 rings (SSSR count). The molecule has 0 unspecified atom stereocenters. The molecular formula is C30H34F3N7O3. The monoisotopic (exact) mass is 597 g/mol. The summed E-state index contributed by atoms with van der Waals surface area (Å²) in [7, 11) is 1.55. The Morgan fingerprint density at radius 3 is 2.65 bits per heavy atom. The normalized spacial score (nSPS) is 17.9. The number of nitrogens with zero attached hydrogens (tertiary/aromatic N) is 4. The number of halogens is 3. The highest BCUT2D eigenvalue weighted by atomic mass is 19.4. The summed E-state index contributed by atoms with van der Waals surface area (Å²) in [4.78, 5) is 24.8. The van der Waals surface area contributed by atoms with Crippen LogP contribution in [0.1, 0.15) is 29.5 Å². The number of alkyl halides is 3. The lowest BCUT2D eigenvalue weighted by Gasteiger charge is -2.40. The van der Waals surface area contributed by atoms with E-state index in [0.717, 1.165) is 69.7 Å². The molecule has 1 aromatic heterocycles. The number of carbonyl (C=O) groups excluding carboxylic acids is 1. The number of morpholine rings is 1. The van der Waals surface area contributed by atoms with Gasteiger partial charge in [-0.05, 0) is 42.2 Å². The van der Waals surface area contributed by atoms with Gasteiger partial charge in [-0.15, -0.1) is 0 Å². The van der Waals surface area contributed by atoms with Gasteiger partial charge in [-0.25, -0.2) is 4.98 Å². The van der Waals surface area contributed by atoms with Crippen LogP contribution in [0.4, 0.5) is 42.0 Å². The highest BCUT2D eigenvalue weighted by Gasteiger charge is 2.35. The van der Waals surface area contributed by atoms with Crippen LogP contribution in [0.15, 0.2) is 42.6 Å². The van der Waals surface area contributed by atoms with E-state index in [0.29, 0.717) is 28.7 Å². The first-order valence-electron chi connectivity index (χ1n) is 14.4. The molecule has 228 valence electrons. The average molecular weight is 598 g/mol. The number of methoxy groups -OCH3 is 1. The van der Waals surface area contributed by atoms with Gasteiger partial charge in [-0.3, -0.25) is 9.69 Å². The molecule has 10 nitrogen and oxygen atoms in total. The first-order chi connectivity index (χ1) is 20.8.